The Morgan fingerprint density at radius 3 is 2.45 bits per heavy atom. The van der Waals surface area contributed by atoms with Crippen LogP contribution in [0, 0.1) is 0 Å². The van der Waals surface area contributed by atoms with Crippen molar-refractivity contribution in [3.63, 3.8) is 0 Å². The molecule has 172 valence electrons. The predicted octanol–water partition coefficient (Wildman–Crippen LogP) is 5.72. The summed E-state index contributed by atoms with van der Waals surface area (Å²) >= 11 is 1.30. The number of pyridine rings is 1. The van der Waals surface area contributed by atoms with Gasteiger partial charge in [-0.05, 0) is 51.1 Å². The van der Waals surface area contributed by atoms with Crippen LogP contribution in [0.1, 0.15) is 53.8 Å². The third-order valence-corrected chi connectivity index (χ3v) is 6.11. The topological polar surface area (TPSA) is 84.7 Å². The summed E-state index contributed by atoms with van der Waals surface area (Å²) < 4.78 is 40.1. The maximum absolute atomic E-state index is 12.8. The maximum atomic E-state index is 12.8. The summed E-state index contributed by atoms with van der Waals surface area (Å²) in [6.07, 6.45) is 0.539. The van der Waals surface area contributed by atoms with E-state index in [0.717, 1.165) is 28.0 Å². The highest BCUT2D eigenvalue weighted by Crippen LogP contribution is 2.31. The third-order valence-electron chi connectivity index (χ3n) is 5.01. The van der Waals surface area contributed by atoms with Gasteiger partial charge in [-0.3, -0.25) is 4.79 Å². The lowest BCUT2D eigenvalue weighted by Gasteiger charge is -2.12. The van der Waals surface area contributed by atoms with Crippen molar-refractivity contribution in [3.05, 3.63) is 65.2 Å². The molecule has 0 bridgehead atoms. The van der Waals surface area contributed by atoms with E-state index in [0.29, 0.717) is 10.8 Å². The number of anilines is 2. The average molecular weight is 475 g/mol. The minimum atomic E-state index is -4.38. The predicted molar refractivity (Wildman–Crippen MR) is 121 cm³/mol. The number of hydrogen-bond donors (Lipinski definition) is 2. The number of thiazole rings is 1. The highest BCUT2D eigenvalue weighted by atomic mass is 32.1. The second kappa shape index (κ2) is 8.81. The molecular weight excluding hydrogens is 453 g/mol. The number of halogens is 3. The largest absolute Gasteiger partial charge is 0.416 e. The number of rotatable bonds is 6. The summed E-state index contributed by atoms with van der Waals surface area (Å²) in [5, 5.41) is 6.39. The van der Waals surface area contributed by atoms with Gasteiger partial charge in [-0.15, -0.1) is 0 Å². The summed E-state index contributed by atoms with van der Waals surface area (Å²) in [4.78, 5) is 26.3. The van der Waals surface area contributed by atoms with Crippen LogP contribution in [0.2, 0.25) is 0 Å². The van der Waals surface area contributed by atoms with E-state index in [1.165, 1.54) is 23.5 Å². The molecule has 1 aromatic carbocycles. The highest BCUT2D eigenvalue weighted by Gasteiger charge is 2.30. The van der Waals surface area contributed by atoms with Crippen molar-refractivity contribution in [2.24, 2.45) is 0 Å². The van der Waals surface area contributed by atoms with E-state index < -0.39 is 11.7 Å². The molecule has 0 aliphatic heterocycles. The van der Waals surface area contributed by atoms with Gasteiger partial charge < -0.3 is 15.2 Å². The number of nitrogens with zero attached hydrogens (tertiary/aromatic N) is 4. The van der Waals surface area contributed by atoms with Crippen LogP contribution < -0.4 is 10.6 Å². The number of nitrogens with one attached hydrogen (secondary N) is 2. The second-order valence-corrected chi connectivity index (χ2v) is 8.83. The molecule has 0 radical (unpaired) electrons. The Balaban J connectivity index is 1.43. The zero-order valence-corrected chi connectivity index (χ0v) is 18.8. The summed E-state index contributed by atoms with van der Waals surface area (Å²) in [5.41, 5.74) is 1.60. The number of carbonyl (C=O) groups excluding carboxylic acids is 1. The lowest BCUT2D eigenvalue weighted by Crippen LogP contribution is -2.27. The zero-order chi connectivity index (χ0) is 23.8. The van der Waals surface area contributed by atoms with E-state index in [9.17, 15) is 18.0 Å². The molecule has 7 nitrogen and oxygen atoms in total. The highest BCUT2D eigenvalue weighted by molar-refractivity contribution is 7.15. The van der Waals surface area contributed by atoms with Gasteiger partial charge in [0.25, 0.3) is 5.91 Å². The minimum Gasteiger partial charge on any atom is -0.343 e. The summed E-state index contributed by atoms with van der Waals surface area (Å²) in [6.45, 7) is 5.89. The molecule has 1 unspecified atom stereocenters. The zero-order valence-electron chi connectivity index (χ0n) is 18.0. The molecule has 1 atom stereocenters. The van der Waals surface area contributed by atoms with Gasteiger partial charge in [-0.2, -0.15) is 13.2 Å². The number of amides is 1. The van der Waals surface area contributed by atoms with Crippen molar-refractivity contribution in [3.8, 4) is 0 Å². The molecule has 0 aliphatic carbocycles. The first-order valence-electron chi connectivity index (χ1n) is 10.2. The summed E-state index contributed by atoms with van der Waals surface area (Å²) in [6, 6.07) is 6.28. The lowest BCUT2D eigenvalue weighted by molar-refractivity contribution is -0.137. The van der Waals surface area contributed by atoms with Gasteiger partial charge in [0.1, 0.15) is 11.2 Å². The molecule has 33 heavy (non-hydrogen) atoms. The van der Waals surface area contributed by atoms with E-state index in [-0.39, 0.29) is 23.7 Å². The van der Waals surface area contributed by atoms with Crippen LogP contribution in [-0.2, 0) is 6.18 Å². The van der Waals surface area contributed by atoms with Crippen LogP contribution in [-0.4, -0.2) is 25.4 Å². The summed E-state index contributed by atoms with van der Waals surface area (Å²) in [5.74, 6) is -0.327. The Kier molecular flexibility index (Phi) is 6.07. The van der Waals surface area contributed by atoms with Crippen LogP contribution >= 0.6 is 11.3 Å². The van der Waals surface area contributed by atoms with Crippen LogP contribution in [0.5, 0.6) is 0 Å². The minimum absolute atomic E-state index is 0.194. The fraction of sp³-hybridized carbons (Fsp3) is 0.273. The molecule has 11 heteroatoms. The third kappa shape index (κ3) is 4.98. The van der Waals surface area contributed by atoms with Crippen molar-refractivity contribution in [1.82, 2.24) is 24.8 Å². The van der Waals surface area contributed by atoms with Crippen molar-refractivity contribution < 1.29 is 18.0 Å². The van der Waals surface area contributed by atoms with E-state index in [2.05, 4.69) is 25.6 Å². The number of imidazole rings is 1. The average Bonchev–Trinajstić information content (AvgIpc) is 3.40. The molecule has 3 heterocycles. The molecule has 4 rings (SSSR count). The van der Waals surface area contributed by atoms with Crippen LogP contribution in [0.25, 0.3) is 11.0 Å². The van der Waals surface area contributed by atoms with Crippen molar-refractivity contribution >= 4 is 39.1 Å². The standard InChI is InChI=1S/C22H21F3N6OS/c1-12(2)31-11-28-17-9-26-16(8-18(17)31)20(32)29-13(3)19-10-27-21(33-19)30-15-6-4-14(5-7-15)22(23,24)25/h4-13H,1-3H3,(H,27,30)(H,29,32). The van der Waals surface area contributed by atoms with E-state index in [1.807, 2.05) is 25.3 Å². The van der Waals surface area contributed by atoms with E-state index in [4.69, 9.17) is 0 Å². The smallest absolute Gasteiger partial charge is 0.343 e. The molecule has 0 spiro atoms. The fourth-order valence-corrected chi connectivity index (χ4v) is 4.06. The Morgan fingerprint density at radius 1 is 1.06 bits per heavy atom. The lowest BCUT2D eigenvalue weighted by atomic mass is 10.2. The number of benzene rings is 1. The number of hydrogen-bond acceptors (Lipinski definition) is 6. The number of aromatic nitrogens is 4. The first-order valence-corrected chi connectivity index (χ1v) is 11.0. The van der Waals surface area contributed by atoms with Gasteiger partial charge in [0.15, 0.2) is 5.13 Å². The molecule has 2 N–H and O–H groups in total. The van der Waals surface area contributed by atoms with Gasteiger partial charge in [0.05, 0.1) is 29.6 Å². The number of carbonyl (C=O) groups is 1. The van der Waals surface area contributed by atoms with Gasteiger partial charge in [-0.1, -0.05) is 11.3 Å². The molecule has 3 aromatic heterocycles. The van der Waals surface area contributed by atoms with Gasteiger partial charge in [0, 0.05) is 22.8 Å². The van der Waals surface area contributed by atoms with Crippen molar-refractivity contribution in [2.45, 2.75) is 39.0 Å². The Morgan fingerprint density at radius 2 is 1.79 bits per heavy atom. The number of fused-ring (bicyclic) bond motifs is 1. The van der Waals surface area contributed by atoms with Gasteiger partial charge >= 0.3 is 6.18 Å². The van der Waals surface area contributed by atoms with Crippen LogP contribution in [0.3, 0.4) is 0 Å². The molecule has 0 saturated carbocycles. The fourth-order valence-electron chi connectivity index (χ4n) is 3.22. The number of alkyl halides is 3. The Labute approximate surface area is 191 Å². The second-order valence-electron chi connectivity index (χ2n) is 7.77. The Bertz CT molecular complexity index is 1280. The molecule has 0 fully saturated rings. The SMILES string of the molecule is CC(NC(=O)c1cc2c(cn1)ncn2C(C)C)c1cnc(Nc2ccc(C(F)(F)F)cc2)s1. The van der Waals surface area contributed by atoms with E-state index >= 15 is 0 Å². The molecule has 1 amide bonds. The molecular formula is C22H21F3N6OS. The molecule has 0 aliphatic rings. The van der Waals surface area contributed by atoms with Crippen LogP contribution in [0.15, 0.2) is 49.1 Å². The summed E-state index contributed by atoms with van der Waals surface area (Å²) in [7, 11) is 0. The van der Waals surface area contributed by atoms with Crippen LogP contribution in [0.4, 0.5) is 24.0 Å². The van der Waals surface area contributed by atoms with Crippen molar-refractivity contribution in [2.75, 3.05) is 5.32 Å². The maximum Gasteiger partial charge on any atom is 0.416 e. The van der Waals surface area contributed by atoms with Gasteiger partial charge in [-0.25, -0.2) is 15.0 Å². The first kappa shape index (κ1) is 22.7. The van der Waals surface area contributed by atoms with Crippen molar-refractivity contribution in [1.29, 1.82) is 0 Å². The van der Waals surface area contributed by atoms with Gasteiger partial charge in [0.2, 0.25) is 0 Å². The first-order chi connectivity index (χ1) is 15.6. The van der Waals surface area contributed by atoms with E-state index in [1.54, 1.807) is 24.8 Å². The monoisotopic (exact) mass is 474 g/mol. The normalized spacial score (nSPS) is 12.8. The Hall–Kier alpha value is -3.47. The quantitative estimate of drug-likeness (QED) is 0.373. The molecule has 4 aromatic rings. The molecule has 0 saturated heterocycles.